The molecule has 0 aliphatic carbocycles. The highest BCUT2D eigenvalue weighted by Crippen LogP contribution is 2.29. The van der Waals surface area contributed by atoms with E-state index in [1.54, 1.807) is 49.3 Å². The molecule has 3 aromatic carbocycles. The lowest BCUT2D eigenvalue weighted by atomic mass is 10.0. The summed E-state index contributed by atoms with van der Waals surface area (Å²) in [5.74, 6) is -0.713. The van der Waals surface area contributed by atoms with E-state index in [0.29, 0.717) is 17.7 Å². The van der Waals surface area contributed by atoms with Gasteiger partial charge in [0, 0.05) is 18.5 Å². The maximum absolute atomic E-state index is 13.0. The fraction of sp³-hybridized carbons (Fsp3) is 0.276. The summed E-state index contributed by atoms with van der Waals surface area (Å²) in [6, 6.07) is 17.4. The first kappa shape index (κ1) is 28.0. The van der Waals surface area contributed by atoms with Crippen LogP contribution in [-0.4, -0.2) is 60.5 Å². The SMILES string of the molecule is CCCc1nc2c(C)cc(C(=O)O)cc2n1Cc1ccc(-c2ccccc2S(=O)(=O)NC(=O)CN(C)C)cc1. The molecule has 1 aromatic heterocycles. The summed E-state index contributed by atoms with van der Waals surface area (Å²) in [5.41, 5.74) is 4.71. The van der Waals surface area contributed by atoms with Crippen molar-refractivity contribution in [2.75, 3.05) is 20.6 Å². The monoisotopic (exact) mass is 548 g/mol. The highest BCUT2D eigenvalue weighted by molar-refractivity contribution is 7.90. The van der Waals surface area contributed by atoms with Gasteiger partial charge in [0.25, 0.3) is 10.0 Å². The maximum Gasteiger partial charge on any atom is 0.335 e. The van der Waals surface area contributed by atoms with Crippen LogP contribution in [0.2, 0.25) is 0 Å². The number of hydrogen-bond acceptors (Lipinski definition) is 6. The Kier molecular flexibility index (Phi) is 8.17. The Balaban J connectivity index is 1.68. The van der Waals surface area contributed by atoms with Gasteiger partial charge in [-0.1, -0.05) is 49.4 Å². The Morgan fingerprint density at radius 1 is 1.05 bits per heavy atom. The largest absolute Gasteiger partial charge is 0.478 e. The number of sulfonamides is 1. The van der Waals surface area contributed by atoms with E-state index in [2.05, 4.69) is 11.6 Å². The van der Waals surface area contributed by atoms with Gasteiger partial charge in [-0.3, -0.25) is 4.79 Å². The molecule has 39 heavy (non-hydrogen) atoms. The molecule has 0 unspecified atom stereocenters. The number of fused-ring (bicyclic) bond motifs is 1. The number of rotatable bonds is 10. The molecular weight excluding hydrogens is 516 g/mol. The van der Waals surface area contributed by atoms with Crippen molar-refractivity contribution in [2.24, 2.45) is 0 Å². The van der Waals surface area contributed by atoms with Gasteiger partial charge in [0.2, 0.25) is 5.91 Å². The highest BCUT2D eigenvalue weighted by atomic mass is 32.2. The van der Waals surface area contributed by atoms with Crippen molar-refractivity contribution in [3.05, 3.63) is 83.2 Å². The van der Waals surface area contributed by atoms with E-state index >= 15 is 0 Å². The summed E-state index contributed by atoms with van der Waals surface area (Å²) in [6.07, 6.45) is 1.64. The lowest BCUT2D eigenvalue weighted by molar-refractivity contribution is -0.119. The number of carbonyl (C=O) groups is 2. The molecule has 0 spiro atoms. The van der Waals surface area contributed by atoms with Crippen molar-refractivity contribution in [1.29, 1.82) is 0 Å². The Morgan fingerprint density at radius 2 is 1.74 bits per heavy atom. The number of aryl methyl sites for hydroxylation is 2. The summed E-state index contributed by atoms with van der Waals surface area (Å²) < 4.78 is 30.2. The van der Waals surface area contributed by atoms with Gasteiger partial charge in [0.05, 0.1) is 28.0 Å². The van der Waals surface area contributed by atoms with Gasteiger partial charge in [-0.15, -0.1) is 0 Å². The Bertz CT molecular complexity index is 1640. The number of carboxylic acid groups (broad SMARTS) is 1. The molecule has 10 heteroatoms. The van der Waals surface area contributed by atoms with Crippen LogP contribution in [0.25, 0.3) is 22.2 Å². The maximum atomic E-state index is 13.0. The number of carbonyl (C=O) groups excluding carboxylic acids is 1. The molecule has 0 radical (unpaired) electrons. The standard InChI is InChI=1S/C29H32N4O5S/c1-5-8-26-30-28-19(2)15-22(29(35)36)16-24(28)33(26)17-20-11-13-21(14-12-20)23-9-6-7-10-25(23)39(37,38)31-27(34)18-32(3)4/h6-7,9-16H,5,8,17-18H2,1-4H3,(H,31,34)(H,35,36). The number of nitrogens with one attached hydrogen (secondary N) is 1. The van der Waals surface area contributed by atoms with Crippen molar-refractivity contribution < 1.29 is 23.1 Å². The summed E-state index contributed by atoms with van der Waals surface area (Å²) in [4.78, 5) is 30.3. The number of nitrogens with zero attached hydrogens (tertiary/aromatic N) is 3. The first-order valence-corrected chi connectivity index (χ1v) is 14.1. The van der Waals surface area contributed by atoms with E-state index < -0.39 is 21.9 Å². The smallest absolute Gasteiger partial charge is 0.335 e. The van der Waals surface area contributed by atoms with Crippen LogP contribution >= 0.6 is 0 Å². The number of imidazole rings is 1. The van der Waals surface area contributed by atoms with Crippen LogP contribution in [0.15, 0.2) is 65.6 Å². The molecule has 9 nitrogen and oxygen atoms in total. The molecule has 4 aromatic rings. The number of carboxylic acids is 1. The minimum absolute atomic E-state index is 0.0207. The van der Waals surface area contributed by atoms with E-state index in [4.69, 9.17) is 4.98 Å². The van der Waals surface area contributed by atoms with Crippen LogP contribution < -0.4 is 4.72 Å². The van der Waals surface area contributed by atoms with E-state index in [9.17, 15) is 23.1 Å². The molecule has 0 saturated carbocycles. The van der Waals surface area contributed by atoms with Crippen molar-refractivity contribution in [3.8, 4) is 11.1 Å². The molecule has 0 fully saturated rings. The second kappa shape index (κ2) is 11.4. The summed E-state index contributed by atoms with van der Waals surface area (Å²) >= 11 is 0. The topological polar surface area (TPSA) is 122 Å². The predicted octanol–water partition coefficient (Wildman–Crippen LogP) is 4.08. The average molecular weight is 549 g/mol. The van der Waals surface area contributed by atoms with Crippen molar-refractivity contribution in [3.63, 3.8) is 0 Å². The molecule has 0 bridgehead atoms. The van der Waals surface area contributed by atoms with Crippen LogP contribution in [0.3, 0.4) is 0 Å². The zero-order valence-corrected chi connectivity index (χ0v) is 23.2. The molecule has 204 valence electrons. The summed E-state index contributed by atoms with van der Waals surface area (Å²) in [5, 5.41) is 9.57. The third-order valence-electron chi connectivity index (χ3n) is 6.33. The predicted molar refractivity (Wildman–Crippen MR) is 150 cm³/mol. The number of benzene rings is 3. The molecule has 0 aliphatic rings. The summed E-state index contributed by atoms with van der Waals surface area (Å²) in [6.45, 7) is 4.37. The Morgan fingerprint density at radius 3 is 2.38 bits per heavy atom. The van der Waals surface area contributed by atoms with Crippen molar-refractivity contribution in [1.82, 2.24) is 19.2 Å². The second-order valence-electron chi connectivity index (χ2n) is 9.79. The summed E-state index contributed by atoms with van der Waals surface area (Å²) in [7, 11) is -0.701. The highest BCUT2D eigenvalue weighted by Gasteiger charge is 2.22. The van der Waals surface area contributed by atoms with Gasteiger partial charge < -0.3 is 14.6 Å². The first-order chi connectivity index (χ1) is 18.5. The zero-order chi connectivity index (χ0) is 28.3. The van der Waals surface area contributed by atoms with E-state index in [1.165, 1.54) is 6.07 Å². The molecule has 0 saturated heterocycles. The van der Waals surface area contributed by atoms with Crippen molar-refractivity contribution in [2.45, 2.75) is 38.1 Å². The molecular formula is C29H32N4O5S. The second-order valence-corrected chi connectivity index (χ2v) is 11.4. The molecule has 0 atom stereocenters. The first-order valence-electron chi connectivity index (χ1n) is 12.6. The van der Waals surface area contributed by atoms with Gasteiger partial charge in [-0.2, -0.15) is 0 Å². The van der Waals surface area contributed by atoms with Crippen molar-refractivity contribution >= 4 is 32.9 Å². The minimum Gasteiger partial charge on any atom is -0.478 e. The number of aromatic carboxylic acids is 1. The normalized spacial score (nSPS) is 11.7. The van der Waals surface area contributed by atoms with Crippen LogP contribution in [0.1, 0.15) is 40.7 Å². The molecule has 1 amide bonds. The number of hydrogen-bond donors (Lipinski definition) is 2. The van der Waals surface area contributed by atoms with Gasteiger partial charge in [-0.25, -0.2) is 22.9 Å². The van der Waals surface area contributed by atoms with Gasteiger partial charge in [0.15, 0.2) is 0 Å². The lowest BCUT2D eigenvalue weighted by Crippen LogP contribution is -2.37. The molecule has 1 heterocycles. The lowest BCUT2D eigenvalue weighted by Gasteiger charge is -2.14. The van der Waals surface area contributed by atoms with Crippen LogP contribution in [0.4, 0.5) is 0 Å². The molecule has 4 rings (SSSR count). The van der Waals surface area contributed by atoms with Crippen LogP contribution in [-0.2, 0) is 27.8 Å². The average Bonchev–Trinajstić information content (AvgIpc) is 3.21. The molecule has 2 N–H and O–H groups in total. The van der Waals surface area contributed by atoms with Gasteiger partial charge >= 0.3 is 5.97 Å². The van der Waals surface area contributed by atoms with E-state index in [0.717, 1.165) is 40.8 Å². The van der Waals surface area contributed by atoms with E-state index in [-0.39, 0.29) is 17.0 Å². The quantitative estimate of drug-likeness (QED) is 0.306. The fourth-order valence-corrected chi connectivity index (χ4v) is 5.80. The molecule has 0 aliphatic heterocycles. The fourth-order valence-electron chi connectivity index (χ4n) is 4.59. The van der Waals surface area contributed by atoms with Gasteiger partial charge in [-0.05, 0) is 62.3 Å². The number of amides is 1. The number of likely N-dealkylation sites (N-methyl/N-ethyl adjacent to an activating group) is 1. The van der Waals surface area contributed by atoms with Crippen LogP contribution in [0, 0.1) is 6.92 Å². The number of aromatic nitrogens is 2. The third kappa shape index (κ3) is 6.18. The Labute approximate surface area is 228 Å². The Hall–Kier alpha value is -4.02. The van der Waals surface area contributed by atoms with Crippen LogP contribution in [0.5, 0.6) is 0 Å². The zero-order valence-electron chi connectivity index (χ0n) is 22.4. The minimum atomic E-state index is -4.07. The van der Waals surface area contributed by atoms with Gasteiger partial charge in [0.1, 0.15) is 5.82 Å². The van der Waals surface area contributed by atoms with E-state index in [1.807, 2.05) is 35.8 Å². The third-order valence-corrected chi connectivity index (χ3v) is 7.77.